The Balaban J connectivity index is 2.48. The second-order valence-corrected chi connectivity index (χ2v) is 2.62. The van der Waals surface area contributed by atoms with Gasteiger partial charge in [0.1, 0.15) is 0 Å². The first-order valence-corrected chi connectivity index (χ1v) is 3.58. The van der Waals surface area contributed by atoms with Crippen molar-refractivity contribution in [3.63, 3.8) is 0 Å². The van der Waals surface area contributed by atoms with Crippen molar-refractivity contribution in [2.24, 2.45) is 0 Å². The smallest absolute Gasteiger partial charge is 0.306 e. The molecule has 0 fully saturated rings. The van der Waals surface area contributed by atoms with Crippen molar-refractivity contribution in [3.8, 4) is 10.8 Å². The zero-order valence-electron chi connectivity index (χ0n) is 4.94. The molecule has 0 aromatic carbocycles. The molecule has 49 valence electrons. The first kappa shape index (κ1) is 5.61. The van der Waals surface area contributed by atoms with Crippen molar-refractivity contribution < 1.29 is 4.42 Å². The van der Waals surface area contributed by atoms with Crippen LogP contribution in [0.1, 0.15) is 0 Å². The van der Waals surface area contributed by atoms with Gasteiger partial charge < -0.3 is 4.42 Å². The van der Waals surface area contributed by atoms with Gasteiger partial charge in [0.15, 0.2) is 0 Å². The zero-order valence-corrected chi connectivity index (χ0v) is 5.76. The lowest BCUT2D eigenvalue weighted by Crippen LogP contribution is -1.69. The van der Waals surface area contributed by atoms with Crippen LogP contribution < -0.4 is 0 Å². The van der Waals surface area contributed by atoms with E-state index in [1.165, 1.54) is 0 Å². The van der Waals surface area contributed by atoms with E-state index in [1.807, 2.05) is 17.5 Å². The molecule has 3 nitrogen and oxygen atoms in total. The van der Waals surface area contributed by atoms with E-state index in [-0.39, 0.29) is 0 Å². The Labute approximate surface area is 61.3 Å². The summed E-state index contributed by atoms with van der Waals surface area (Å²) in [5, 5.41) is 9.10. The van der Waals surface area contributed by atoms with E-state index < -0.39 is 0 Å². The van der Waals surface area contributed by atoms with Gasteiger partial charge in [0.25, 0.3) is 5.89 Å². The third-order valence-corrected chi connectivity index (χ3v) is 1.91. The van der Waals surface area contributed by atoms with E-state index in [2.05, 4.69) is 16.6 Å². The molecule has 0 bridgehead atoms. The summed E-state index contributed by atoms with van der Waals surface area (Å²) in [6.45, 7) is 0. The lowest BCUT2D eigenvalue weighted by molar-refractivity contribution is 0.560. The van der Waals surface area contributed by atoms with Gasteiger partial charge in [-0.1, -0.05) is 6.07 Å². The van der Waals surface area contributed by atoms with Gasteiger partial charge in [-0.15, -0.1) is 21.5 Å². The van der Waals surface area contributed by atoms with E-state index >= 15 is 0 Å². The van der Waals surface area contributed by atoms with E-state index in [9.17, 15) is 0 Å². The highest BCUT2D eigenvalue weighted by Gasteiger charge is 2.02. The monoisotopic (exact) mass is 151 g/mol. The summed E-state index contributed by atoms with van der Waals surface area (Å²) < 4.78 is 4.84. The van der Waals surface area contributed by atoms with Crippen LogP contribution in [0.4, 0.5) is 0 Å². The summed E-state index contributed by atoms with van der Waals surface area (Å²) in [5.74, 6) is 0.537. The summed E-state index contributed by atoms with van der Waals surface area (Å²) >= 11 is 1.56. The van der Waals surface area contributed by atoms with Gasteiger partial charge in [0, 0.05) is 0 Å². The van der Waals surface area contributed by atoms with Gasteiger partial charge in [-0.2, -0.15) is 0 Å². The lowest BCUT2D eigenvalue weighted by Gasteiger charge is -1.80. The molecule has 0 aliphatic heterocycles. The molecule has 2 aromatic rings. The molecule has 2 rings (SSSR count). The fourth-order valence-electron chi connectivity index (χ4n) is 0.650. The number of thiophene rings is 1. The molecule has 0 saturated heterocycles. The molecule has 0 spiro atoms. The van der Waals surface area contributed by atoms with Crippen LogP contribution in [0.3, 0.4) is 0 Å². The molecule has 2 aromatic heterocycles. The van der Waals surface area contributed by atoms with Crippen molar-refractivity contribution >= 4 is 11.3 Å². The Kier molecular flexibility index (Phi) is 1.25. The number of nitrogens with zero attached hydrogens (tertiary/aromatic N) is 2. The van der Waals surface area contributed by atoms with Gasteiger partial charge in [0.2, 0.25) is 0 Å². The first-order valence-electron chi connectivity index (χ1n) is 2.70. The highest BCUT2D eigenvalue weighted by molar-refractivity contribution is 7.13. The van der Waals surface area contributed by atoms with Crippen molar-refractivity contribution in [3.05, 3.63) is 23.9 Å². The quantitative estimate of drug-likeness (QED) is 0.621. The van der Waals surface area contributed by atoms with Crippen LogP contribution in [0.25, 0.3) is 10.8 Å². The highest BCUT2D eigenvalue weighted by atomic mass is 32.1. The van der Waals surface area contributed by atoms with Gasteiger partial charge in [-0.25, -0.2) is 0 Å². The molecule has 0 saturated carbocycles. The van der Waals surface area contributed by atoms with Crippen molar-refractivity contribution in [2.45, 2.75) is 0 Å². The molecule has 2 heterocycles. The molecule has 0 unspecified atom stereocenters. The van der Waals surface area contributed by atoms with Crippen molar-refractivity contribution in [1.82, 2.24) is 10.2 Å². The molecule has 0 N–H and O–H groups in total. The van der Waals surface area contributed by atoms with Crippen LogP contribution in [0.2, 0.25) is 0 Å². The predicted molar refractivity (Wildman–Crippen MR) is 36.4 cm³/mol. The van der Waals surface area contributed by atoms with Crippen LogP contribution in [0, 0.1) is 6.39 Å². The predicted octanol–water partition coefficient (Wildman–Crippen LogP) is 1.60. The Morgan fingerprint density at radius 3 is 3.20 bits per heavy atom. The van der Waals surface area contributed by atoms with Crippen LogP contribution in [-0.2, 0) is 0 Å². The van der Waals surface area contributed by atoms with E-state index in [4.69, 9.17) is 4.42 Å². The number of hydrogen-bond acceptors (Lipinski definition) is 4. The fraction of sp³-hybridized carbons (Fsp3) is 0. The average Bonchev–Trinajstić information content (AvgIpc) is 2.59. The minimum atomic E-state index is 0.537. The van der Waals surface area contributed by atoms with E-state index in [0.717, 1.165) is 4.88 Å². The van der Waals surface area contributed by atoms with Crippen molar-refractivity contribution in [1.29, 1.82) is 0 Å². The normalized spacial score (nSPS) is 10.0. The SMILES string of the molecule is [c]1nnc(-c2cccs2)o1. The Bertz CT molecular complexity index is 255. The number of hydrogen-bond donors (Lipinski definition) is 0. The summed E-state index contributed by atoms with van der Waals surface area (Å²) in [7, 11) is 0. The number of aromatic nitrogens is 2. The topological polar surface area (TPSA) is 38.9 Å². The third kappa shape index (κ3) is 0.823. The molecular formula is C6H3N2OS. The maximum atomic E-state index is 4.84. The molecule has 0 atom stereocenters. The van der Waals surface area contributed by atoms with Crippen LogP contribution in [-0.4, -0.2) is 10.2 Å². The minimum absolute atomic E-state index is 0.537. The number of rotatable bonds is 1. The standard InChI is InChI=1S/C6H3N2OS/c1-2-5(10-3-1)6-8-7-4-9-6/h1-3H. The van der Waals surface area contributed by atoms with Crippen molar-refractivity contribution in [2.75, 3.05) is 0 Å². The molecule has 1 radical (unpaired) electrons. The fourth-order valence-corrected chi connectivity index (χ4v) is 1.29. The molecule has 0 amide bonds. The molecule has 4 heteroatoms. The second-order valence-electron chi connectivity index (χ2n) is 1.68. The van der Waals surface area contributed by atoms with Gasteiger partial charge in [-0.3, -0.25) is 0 Å². The maximum Gasteiger partial charge on any atom is 0.306 e. The van der Waals surface area contributed by atoms with Gasteiger partial charge in [-0.05, 0) is 11.4 Å². The van der Waals surface area contributed by atoms with Crippen LogP contribution in [0.15, 0.2) is 21.9 Å². The summed E-state index contributed by atoms with van der Waals surface area (Å²) in [4.78, 5) is 0.980. The summed E-state index contributed by atoms with van der Waals surface area (Å²) in [6.07, 6.45) is 2.29. The maximum absolute atomic E-state index is 4.84. The third-order valence-electron chi connectivity index (χ3n) is 1.06. The largest absolute Gasteiger partial charge is 0.411 e. The Hall–Kier alpha value is -1.16. The van der Waals surface area contributed by atoms with E-state index in [1.54, 1.807) is 11.3 Å². The molecule has 0 aliphatic carbocycles. The van der Waals surface area contributed by atoms with Crippen LogP contribution in [0.5, 0.6) is 0 Å². The molecular weight excluding hydrogens is 148 g/mol. The van der Waals surface area contributed by atoms with Gasteiger partial charge >= 0.3 is 6.39 Å². The molecule has 0 aliphatic rings. The molecule has 10 heavy (non-hydrogen) atoms. The van der Waals surface area contributed by atoms with E-state index in [0.29, 0.717) is 5.89 Å². The highest BCUT2D eigenvalue weighted by Crippen LogP contribution is 2.20. The lowest BCUT2D eigenvalue weighted by atomic mass is 10.5. The zero-order chi connectivity index (χ0) is 6.81. The summed E-state index contributed by atoms with van der Waals surface area (Å²) in [5.41, 5.74) is 0. The summed E-state index contributed by atoms with van der Waals surface area (Å²) in [6, 6.07) is 3.86. The van der Waals surface area contributed by atoms with Crippen LogP contribution >= 0.6 is 11.3 Å². The second kappa shape index (κ2) is 2.22. The van der Waals surface area contributed by atoms with Gasteiger partial charge in [0.05, 0.1) is 4.88 Å². The Morgan fingerprint density at radius 1 is 1.60 bits per heavy atom. The minimum Gasteiger partial charge on any atom is -0.411 e. The first-order chi connectivity index (χ1) is 4.97. The average molecular weight is 151 g/mol. The Morgan fingerprint density at radius 2 is 2.60 bits per heavy atom.